The molecule has 3 rings (SSSR count). The summed E-state index contributed by atoms with van der Waals surface area (Å²) in [6.07, 6.45) is -4.14. The molecule has 0 radical (unpaired) electrons. The first-order valence-electron chi connectivity index (χ1n) is 6.22. The maximum absolute atomic E-state index is 13.3. The SMILES string of the molecule is O=C(O)NC1C(C2(C(F)(F)F)CC2)=Cc2ccccc21. The van der Waals surface area contributed by atoms with Gasteiger partial charge in [-0.05, 0) is 29.5 Å². The Bertz CT molecular complexity index is 603. The van der Waals surface area contributed by atoms with Gasteiger partial charge in [-0.3, -0.25) is 0 Å². The number of amides is 1. The highest BCUT2D eigenvalue weighted by molar-refractivity contribution is 5.73. The first kappa shape index (κ1) is 13.0. The Labute approximate surface area is 113 Å². The number of fused-ring (bicyclic) bond motifs is 1. The molecule has 6 heteroatoms. The third-order valence-electron chi connectivity index (χ3n) is 4.04. The molecule has 0 aromatic heterocycles. The molecule has 2 aliphatic carbocycles. The van der Waals surface area contributed by atoms with Crippen molar-refractivity contribution in [2.45, 2.75) is 25.1 Å². The molecule has 0 spiro atoms. The number of alkyl halides is 3. The van der Waals surface area contributed by atoms with Crippen molar-refractivity contribution >= 4 is 12.2 Å². The molecule has 0 heterocycles. The Kier molecular flexibility index (Phi) is 2.61. The van der Waals surface area contributed by atoms with E-state index in [1.165, 1.54) is 6.08 Å². The van der Waals surface area contributed by atoms with E-state index in [0.717, 1.165) is 0 Å². The molecule has 106 valence electrons. The van der Waals surface area contributed by atoms with Crippen molar-refractivity contribution in [2.24, 2.45) is 5.41 Å². The monoisotopic (exact) mass is 283 g/mol. The van der Waals surface area contributed by atoms with Gasteiger partial charge in [0.2, 0.25) is 0 Å². The Morgan fingerprint density at radius 3 is 2.50 bits per heavy atom. The highest BCUT2D eigenvalue weighted by Crippen LogP contribution is 2.66. The van der Waals surface area contributed by atoms with Crippen molar-refractivity contribution in [3.05, 3.63) is 41.0 Å². The normalized spacial score (nSPS) is 22.9. The van der Waals surface area contributed by atoms with Gasteiger partial charge < -0.3 is 10.4 Å². The number of carboxylic acid groups (broad SMARTS) is 1. The molecule has 20 heavy (non-hydrogen) atoms. The summed E-state index contributed by atoms with van der Waals surface area (Å²) < 4.78 is 39.8. The van der Waals surface area contributed by atoms with E-state index in [1.807, 2.05) is 0 Å². The van der Waals surface area contributed by atoms with Gasteiger partial charge in [0, 0.05) is 0 Å². The second-order valence-corrected chi connectivity index (χ2v) is 5.19. The molecule has 2 aliphatic rings. The van der Waals surface area contributed by atoms with Gasteiger partial charge >= 0.3 is 12.3 Å². The number of hydrogen-bond acceptors (Lipinski definition) is 1. The summed E-state index contributed by atoms with van der Waals surface area (Å²) in [6.45, 7) is 0. The predicted molar refractivity (Wildman–Crippen MR) is 66.0 cm³/mol. The molecular weight excluding hydrogens is 271 g/mol. The van der Waals surface area contributed by atoms with Crippen molar-refractivity contribution in [1.29, 1.82) is 0 Å². The van der Waals surface area contributed by atoms with Crippen LogP contribution >= 0.6 is 0 Å². The van der Waals surface area contributed by atoms with Crippen molar-refractivity contribution in [2.75, 3.05) is 0 Å². The van der Waals surface area contributed by atoms with Gasteiger partial charge in [-0.2, -0.15) is 13.2 Å². The van der Waals surface area contributed by atoms with Gasteiger partial charge in [0.15, 0.2) is 0 Å². The molecule has 1 fully saturated rings. The van der Waals surface area contributed by atoms with Crippen LogP contribution in [0.15, 0.2) is 29.8 Å². The van der Waals surface area contributed by atoms with E-state index in [2.05, 4.69) is 5.32 Å². The van der Waals surface area contributed by atoms with E-state index in [1.54, 1.807) is 24.3 Å². The Morgan fingerprint density at radius 1 is 1.30 bits per heavy atom. The number of benzene rings is 1. The lowest BCUT2D eigenvalue weighted by Crippen LogP contribution is -2.34. The predicted octanol–water partition coefficient (Wildman–Crippen LogP) is 3.73. The zero-order valence-electron chi connectivity index (χ0n) is 10.4. The summed E-state index contributed by atoms with van der Waals surface area (Å²) in [5.41, 5.74) is -0.509. The number of carbonyl (C=O) groups is 1. The minimum atomic E-state index is -4.35. The number of hydrogen-bond donors (Lipinski definition) is 2. The molecule has 1 aromatic rings. The molecule has 1 amide bonds. The van der Waals surface area contributed by atoms with E-state index >= 15 is 0 Å². The molecule has 0 aliphatic heterocycles. The Hall–Kier alpha value is -1.98. The van der Waals surface area contributed by atoms with Crippen LogP contribution < -0.4 is 5.32 Å². The number of halogens is 3. The first-order chi connectivity index (χ1) is 9.35. The zero-order valence-corrected chi connectivity index (χ0v) is 10.4. The summed E-state index contributed by atoms with van der Waals surface area (Å²) in [6, 6.07) is 5.87. The fourth-order valence-electron chi connectivity index (χ4n) is 2.88. The van der Waals surface area contributed by atoms with Gasteiger partial charge in [-0.1, -0.05) is 30.3 Å². The maximum Gasteiger partial charge on any atom is 0.405 e. The largest absolute Gasteiger partial charge is 0.465 e. The lowest BCUT2D eigenvalue weighted by molar-refractivity contribution is -0.176. The van der Waals surface area contributed by atoms with Crippen LogP contribution in [0.25, 0.3) is 6.08 Å². The van der Waals surface area contributed by atoms with Crippen LogP contribution in [0.4, 0.5) is 18.0 Å². The summed E-state index contributed by atoms with van der Waals surface area (Å²) in [4.78, 5) is 10.9. The van der Waals surface area contributed by atoms with E-state index in [0.29, 0.717) is 11.1 Å². The van der Waals surface area contributed by atoms with Gasteiger partial charge in [0.05, 0.1) is 11.5 Å². The van der Waals surface area contributed by atoms with Crippen LogP contribution in [0.5, 0.6) is 0 Å². The molecular formula is C14H12F3NO2. The standard InChI is InChI=1S/C14H12F3NO2/c15-14(16,17)13(5-6-13)10-7-8-3-1-2-4-9(8)11(10)18-12(19)20/h1-4,7,11,18H,5-6H2,(H,19,20). The Morgan fingerprint density at radius 2 is 1.95 bits per heavy atom. The molecule has 1 aromatic carbocycles. The van der Waals surface area contributed by atoms with Gasteiger partial charge in [-0.15, -0.1) is 0 Å². The minimum absolute atomic E-state index is 0.0219. The topological polar surface area (TPSA) is 49.3 Å². The second-order valence-electron chi connectivity index (χ2n) is 5.19. The summed E-state index contributed by atoms with van der Waals surface area (Å²) in [5, 5.41) is 11.1. The van der Waals surface area contributed by atoms with E-state index in [4.69, 9.17) is 5.11 Å². The second kappa shape index (κ2) is 4.01. The fraction of sp³-hybridized carbons (Fsp3) is 0.357. The molecule has 3 nitrogen and oxygen atoms in total. The van der Waals surface area contributed by atoms with Crippen LogP contribution in [-0.2, 0) is 0 Å². The van der Waals surface area contributed by atoms with Gasteiger partial charge in [0.25, 0.3) is 0 Å². The molecule has 2 N–H and O–H groups in total. The van der Waals surface area contributed by atoms with Crippen molar-refractivity contribution in [3.8, 4) is 0 Å². The summed E-state index contributed by atoms with van der Waals surface area (Å²) in [7, 11) is 0. The van der Waals surface area contributed by atoms with Crippen LogP contribution in [0.3, 0.4) is 0 Å². The van der Waals surface area contributed by atoms with Crippen LogP contribution in [0.2, 0.25) is 0 Å². The third kappa shape index (κ3) is 1.78. The van der Waals surface area contributed by atoms with E-state index < -0.39 is 23.7 Å². The van der Waals surface area contributed by atoms with Crippen molar-refractivity contribution < 1.29 is 23.1 Å². The third-order valence-corrected chi connectivity index (χ3v) is 4.04. The van der Waals surface area contributed by atoms with Crippen LogP contribution in [-0.4, -0.2) is 17.4 Å². The first-order valence-corrected chi connectivity index (χ1v) is 6.22. The Balaban J connectivity index is 2.05. The summed E-state index contributed by atoms with van der Waals surface area (Å²) in [5.74, 6) is 0. The molecule has 0 saturated heterocycles. The average Bonchev–Trinajstić information content (AvgIpc) is 3.09. The van der Waals surface area contributed by atoms with E-state index in [-0.39, 0.29) is 18.4 Å². The number of rotatable bonds is 2. The van der Waals surface area contributed by atoms with Crippen molar-refractivity contribution in [3.63, 3.8) is 0 Å². The molecule has 0 bridgehead atoms. The lowest BCUT2D eigenvalue weighted by Gasteiger charge is -2.26. The van der Waals surface area contributed by atoms with Crippen LogP contribution in [0, 0.1) is 5.41 Å². The minimum Gasteiger partial charge on any atom is -0.465 e. The van der Waals surface area contributed by atoms with Crippen molar-refractivity contribution in [1.82, 2.24) is 5.32 Å². The quantitative estimate of drug-likeness (QED) is 0.868. The van der Waals surface area contributed by atoms with Gasteiger partial charge in [-0.25, -0.2) is 4.79 Å². The lowest BCUT2D eigenvalue weighted by atomic mass is 9.89. The average molecular weight is 283 g/mol. The molecule has 1 unspecified atom stereocenters. The molecule has 1 saturated carbocycles. The van der Waals surface area contributed by atoms with Crippen LogP contribution in [0.1, 0.15) is 30.0 Å². The van der Waals surface area contributed by atoms with Gasteiger partial charge in [0.1, 0.15) is 0 Å². The highest BCUT2D eigenvalue weighted by atomic mass is 19.4. The number of nitrogens with one attached hydrogen (secondary N) is 1. The van der Waals surface area contributed by atoms with E-state index in [9.17, 15) is 18.0 Å². The maximum atomic E-state index is 13.3. The smallest absolute Gasteiger partial charge is 0.405 e. The molecule has 1 atom stereocenters. The zero-order chi connectivity index (χ0) is 14.5. The fourth-order valence-corrected chi connectivity index (χ4v) is 2.88. The highest BCUT2D eigenvalue weighted by Gasteiger charge is 2.67. The summed E-state index contributed by atoms with van der Waals surface area (Å²) >= 11 is 0.